The van der Waals surface area contributed by atoms with E-state index in [0.717, 1.165) is 0 Å². The maximum Gasteiger partial charge on any atom is 0.215 e. The molecule has 0 atom stereocenters. The van der Waals surface area contributed by atoms with E-state index in [4.69, 9.17) is 11.6 Å². The second-order valence-electron chi connectivity index (χ2n) is 4.92. The molecule has 2 heterocycles. The molecule has 1 aromatic heterocycles. The predicted molar refractivity (Wildman–Crippen MR) is 89.9 cm³/mol. The number of Topliss-reactive ketones (excluding diaryl/α,β-unsaturated/α-hetero) is 1. The van der Waals surface area contributed by atoms with Crippen LogP contribution in [0, 0.1) is 0 Å². The van der Waals surface area contributed by atoms with Crippen molar-refractivity contribution in [3.05, 3.63) is 58.7 Å². The van der Waals surface area contributed by atoms with Gasteiger partial charge in [0.2, 0.25) is 5.78 Å². The molecule has 108 valence electrons. The molecule has 4 rings (SSSR count). The van der Waals surface area contributed by atoms with Gasteiger partial charge in [-0.1, -0.05) is 29.8 Å². The zero-order valence-electron chi connectivity index (χ0n) is 11.0. The second kappa shape index (κ2) is 4.69. The van der Waals surface area contributed by atoms with Crippen molar-refractivity contribution in [3.8, 4) is 5.75 Å². The third kappa shape index (κ3) is 1.69. The number of aromatic hydroxyl groups is 1. The van der Waals surface area contributed by atoms with Gasteiger partial charge in [-0.05, 0) is 24.3 Å². The number of rotatable bonds is 1. The molecule has 2 aromatic carbocycles. The number of carbonyl (C=O) groups is 1. The predicted octanol–water partition coefficient (Wildman–Crippen LogP) is 4.48. The van der Waals surface area contributed by atoms with Crippen molar-refractivity contribution >= 4 is 55.8 Å². The number of para-hydroxylation sites is 1. The van der Waals surface area contributed by atoms with Crippen LogP contribution in [-0.2, 0) is 0 Å². The number of carbonyl (C=O) groups excluding carboxylic acids is 1. The zero-order valence-corrected chi connectivity index (χ0v) is 13.4. The van der Waals surface area contributed by atoms with E-state index >= 15 is 0 Å². The summed E-state index contributed by atoms with van der Waals surface area (Å²) in [5.74, 6) is -0.275. The molecule has 22 heavy (non-hydrogen) atoms. The fraction of sp³-hybridized carbons (Fsp3) is 0. The summed E-state index contributed by atoms with van der Waals surface area (Å²) in [5, 5.41) is 11.4. The normalized spacial score (nSPS) is 13.5. The van der Waals surface area contributed by atoms with Crippen molar-refractivity contribution in [2.75, 3.05) is 0 Å². The molecule has 6 heteroatoms. The molecule has 0 spiro atoms. The molecule has 0 saturated heterocycles. The average molecular weight is 376 g/mol. The van der Waals surface area contributed by atoms with Crippen molar-refractivity contribution in [1.82, 2.24) is 3.59 Å². The van der Waals surface area contributed by atoms with Crippen LogP contribution in [0.25, 0.3) is 10.9 Å². The first-order valence-electron chi connectivity index (χ1n) is 6.50. The number of nitrogens with zero attached hydrogens (tertiary/aromatic N) is 2. The number of benzene rings is 2. The summed E-state index contributed by atoms with van der Waals surface area (Å²) in [6.45, 7) is 0. The highest BCUT2D eigenvalue weighted by Gasteiger charge is 2.31. The van der Waals surface area contributed by atoms with E-state index in [1.165, 1.54) is 0 Å². The van der Waals surface area contributed by atoms with Gasteiger partial charge in [0.15, 0.2) is 5.75 Å². The highest BCUT2D eigenvalue weighted by Crippen LogP contribution is 2.41. The molecular formula is C16H8BrClN2O2. The third-order valence-corrected chi connectivity index (χ3v) is 4.73. The molecule has 0 radical (unpaired) electrons. The van der Waals surface area contributed by atoms with Gasteiger partial charge >= 0.3 is 0 Å². The van der Waals surface area contributed by atoms with Crippen LogP contribution in [0.2, 0.25) is 5.02 Å². The summed E-state index contributed by atoms with van der Waals surface area (Å²) in [6, 6.07) is 12.4. The first kappa shape index (κ1) is 13.5. The standard InChI is InChI=1S/C16H8BrClN2O2/c17-20-11-7-3-5-9(18)12(11)16(22)14(20)13-15(21)8-4-1-2-6-10(8)19-13/h1-7,22H. The monoisotopic (exact) mass is 374 g/mol. The van der Waals surface area contributed by atoms with Crippen molar-refractivity contribution in [2.24, 2.45) is 4.99 Å². The number of hydrogen-bond acceptors (Lipinski definition) is 3. The minimum Gasteiger partial charge on any atom is -0.505 e. The Balaban J connectivity index is 2.02. The van der Waals surface area contributed by atoms with E-state index in [9.17, 15) is 9.90 Å². The van der Waals surface area contributed by atoms with Crippen LogP contribution in [0.5, 0.6) is 5.75 Å². The molecule has 1 aliphatic heterocycles. The summed E-state index contributed by atoms with van der Waals surface area (Å²) in [6.07, 6.45) is 0. The number of aliphatic imine (C=N–C) groups is 1. The van der Waals surface area contributed by atoms with Crippen molar-refractivity contribution in [1.29, 1.82) is 0 Å². The second-order valence-corrected chi connectivity index (χ2v) is 6.04. The molecule has 4 nitrogen and oxygen atoms in total. The molecular weight excluding hydrogens is 368 g/mol. The van der Waals surface area contributed by atoms with E-state index in [1.54, 1.807) is 40.0 Å². The van der Waals surface area contributed by atoms with Crippen LogP contribution in [0.4, 0.5) is 5.69 Å². The van der Waals surface area contributed by atoms with Crippen LogP contribution < -0.4 is 0 Å². The molecule has 0 aliphatic carbocycles. The van der Waals surface area contributed by atoms with E-state index in [0.29, 0.717) is 32.9 Å². The molecule has 1 aliphatic rings. The maximum absolute atomic E-state index is 12.6. The molecule has 0 bridgehead atoms. The zero-order chi connectivity index (χ0) is 15.4. The Morgan fingerprint density at radius 1 is 1.14 bits per heavy atom. The lowest BCUT2D eigenvalue weighted by Crippen LogP contribution is -2.13. The number of ketones is 1. The van der Waals surface area contributed by atoms with E-state index < -0.39 is 0 Å². The topological polar surface area (TPSA) is 54.6 Å². The van der Waals surface area contributed by atoms with Crippen molar-refractivity contribution in [2.45, 2.75) is 0 Å². The van der Waals surface area contributed by atoms with Crippen LogP contribution in [0.1, 0.15) is 16.1 Å². The quantitative estimate of drug-likeness (QED) is 0.682. The first-order chi connectivity index (χ1) is 10.6. The number of hydrogen-bond donors (Lipinski definition) is 1. The fourth-order valence-electron chi connectivity index (χ4n) is 2.67. The summed E-state index contributed by atoms with van der Waals surface area (Å²) in [7, 11) is 0. The lowest BCUT2D eigenvalue weighted by atomic mass is 10.1. The van der Waals surface area contributed by atoms with Crippen LogP contribution >= 0.6 is 27.7 Å². The van der Waals surface area contributed by atoms with Gasteiger partial charge in [-0.25, -0.2) is 4.99 Å². The van der Waals surface area contributed by atoms with Crippen molar-refractivity contribution < 1.29 is 9.90 Å². The molecule has 3 aromatic rings. The maximum atomic E-state index is 12.6. The van der Waals surface area contributed by atoms with Gasteiger partial charge < -0.3 is 5.11 Å². The molecule has 0 unspecified atom stereocenters. The first-order valence-corrected chi connectivity index (χ1v) is 7.59. The summed E-state index contributed by atoms with van der Waals surface area (Å²) in [4.78, 5) is 16.9. The Bertz CT molecular complexity index is 991. The Hall–Kier alpha value is -2.11. The lowest BCUT2D eigenvalue weighted by Gasteiger charge is -2.01. The molecule has 0 saturated carbocycles. The minimum absolute atomic E-state index is 0.0580. The SMILES string of the molecule is O=C1C(c2c(O)c3c(Cl)cccc3n2Br)=Nc2ccccc21. The lowest BCUT2D eigenvalue weighted by molar-refractivity contribution is 0.106. The van der Waals surface area contributed by atoms with Crippen LogP contribution in [-0.4, -0.2) is 20.2 Å². The Kier molecular flexibility index (Phi) is 2.89. The highest BCUT2D eigenvalue weighted by atomic mass is 79.9. The summed E-state index contributed by atoms with van der Waals surface area (Å²) < 4.78 is 1.56. The molecule has 0 amide bonds. The van der Waals surface area contributed by atoms with Gasteiger partial charge in [-0.15, -0.1) is 0 Å². The Morgan fingerprint density at radius 2 is 1.91 bits per heavy atom. The fourth-order valence-corrected chi connectivity index (χ4v) is 3.56. The van der Waals surface area contributed by atoms with E-state index in [2.05, 4.69) is 21.1 Å². The smallest absolute Gasteiger partial charge is 0.215 e. The van der Waals surface area contributed by atoms with Crippen LogP contribution in [0.15, 0.2) is 47.5 Å². The summed E-state index contributed by atoms with van der Waals surface area (Å²) in [5.41, 5.74) is 2.31. The van der Waals surface area contributed by atoms with E-state index in [1.807, 2.05) is 6.07 Å². The van der Waals surface area contributed by atoms with Gasteiger partial charge in [-0.2, -0.15) is 0 Å². The van der Waals surface area contributed by atoms with Crippen LogP contribution in [0.3, 0.4) is 0 Å². The van der Waals surface area contributed by atoms with Gasteiger partial charge in [-0.3, -0.25) is 8.39 Å². The minimum atomic E-state index is -0.217. The van der Waals surface area contributed by atoms with E-state index in [-0.39, 0.29) is 17.2 Å². The van der Waals surface area contributed by atoms with Gasteiger partial charge in [0.25, 0.3) is 0 Å². The number of fused-ring (bicyclic) bond motifs is 2. The number of halogens is 2. The van der Waals surface area contributed by atoms with Gasteiger partial charge in [0, 0.05) is 5.56 Å². The van der Waals surface area contributed by atoms with Crippen molar-refractivity contribution in [3.63, 3.8) is 0 Å². The third-order valence-electron chi connectivity index (χ3n) is 3.68. The number of aromatic nitrogens is 1. The Labute approximate surface area is 139 Å². The van der Waals surface area contributed by atoms with Gasteiger partial charge in [0.1, 0.15) is 11.4 Å². The molecule has 1 N–H and O–H groups in total. The Morgan fingerprint density at radius 3 is 2.64 bits per heavy atom. The average Bonchev–Trinajstić information content (AvgIpc) is 2.96. The highest BCUT2D eigenvalue weighted by molar-refractivity contribution is 9.08. The van der Waals surface area contributed by atoms with Gasteiger partial charge in [0.05, 0.1) is 37.8 Å². The summed E-state index contributed by atoms with van der Waals surface area (Å²) >= 11 is 9.54. The molecule has 0 fully saturated rings. The largest absolute Gasteiger partial charge is 0.505 e.